The van der Waals surface area contributed by atoms with Crippen LogP contribution in [0.4, 0.5) is 0 Å². The Kier molecular flexibility index (Phi) is 5.08. The molecule has 0 aliphatic heterocycles. The minimum Gasteiger partial charge on any atom is -0.489 e. The average molecular weight is 404 g/mol. The van der Waals surface area contributed by atoms with Gasteiger partial charge in [0.1, 0.15) is 12.4 Å². The lowest BCUT2D eigenvalue weighted by atomic mass is 9.52. The Labute approximate surface area is 180 Å². The molecule has 2 aromatic carbocycles. The molecule has 0 unspecified atom stereocenters. The zero-order chi connectivity index (χ0) is 20.7. The summed E-state index contributed by atoms with van der Waals surface area (Å²) in [6.07, 6.45) is 8.87. The fourth-order valence-electron chi connectivity index (χ4n) is 6.62. The molecule has 30 heavy (non-hydrogen) atoms. The summed E-state index contributed by atoms with van der Waals surface area (Å²) < 4.78 is 5.91. The van der Waals surface area contributed by atoms with Crippen LogP contribution >= 0.6 is 0 Å². The van der Waals surface area contributed by atoms with Gasteiger partial charge in [0.2, 0.25) is 0 Å². The third kappa shape index (κ3) is 3.64. The van der Waals surface area contributed by atoms with Crippen LogP contribution in [0.15, 0.2) is 48.5 Å². The number of nitrogens with zero attached hydrogens (tertiary/aromatic N) is 1. The molecule has 0 saturated heterocycles. The molecular weight excluding hydrogens is 370 g/mol. The first-order valence-electron chi connectivity index (χ1n) is 11.6. The zero-order valence-corrected chi connectivity index (χ0v) is 18.3. The molecule has 4 bridgehead atoms. The van der Waals surface area contributed by atoms with E-state index in [1.54, 1.807) is 0 Å². The van der Waals surface area contributed by atoms with Gasteiger partial charge in [0.05, 0.1) is 0 Å². The van der Waals surface area contributed by atoms with E-state index >= 15 is 0 Å². The van der Waals surface area contributed by atoms with Crippen LogP contribution in [0.3, 0.4) is 0 Å². The van der Waals surface area contributed by atoms with Crippen molar-refractivity contribution < 1.29 is 9.53 Å². The summed E-state index contributed by atoms with van der Waals surface area (Å²) in [5.74, 6) is 3.60. The van der Waals surface area contributed by atoms with Crippen molar-refractivity contribution in [3.63, 3.8) is 0 Å². The highest BCUT2D eigenvalue weighted by Crippen LogP contribution is 2.57. The van der Waals surface area contributed by atoms with Crippen molar-refractivity contribution in [3.05, 3.63) is 65.2 Å². The molecule has 0 heterocycles. The minimum atomic E-state index is 0.109. The van der Waals surface area contributed by atoms with Gasteiger partial charge in [0.15, 0.2) is 0 Å². The van der Waals surface area contributed by atoms with E-state index in [1.807, 2.05) is 43.4 Å². The van der Waals surface area contributed by atoms with E-state index in [4.69, 9.17) is 4.74 Å². The van der Waals surface area contributed by atoms with Gasteiger partial charge in [-0.25, -0.2) is 0 Å². The van der Waals surface area contributed by atoms with E-state index in [9.17, 15) is 4.79 Å². The van der Waals surface area contributed by atoms with Crippen molar-refractivity contribution in [3.8, 4) is 5.75 Å². The number of hydrogen-bond donors (Lipinski definition) is 0. The van der Waals surface area contributed by atoms with E-state index in [-0.39, 0.29) is 11.4 Å². The van der Waals surface area contributed by atoms with Crippen LogP contribution in [-0.2, 0) is 13.0 Å². The van der Waals surface area contributed by atoms with Crippen LogP contribution in [0.2, 0.25) is 0 Å². The first kappa shape index (κ1) is 19.7. The highest BCUT2D eigenvalue weighted by atomic mass is 16.5. The molecule has 4 fully saturated rings. The molecule has 1 amide bonds. The Morgan fingerprint density at radius 3 is 1.97 bits per heavy atom. The Hall–Kier alpha value is -2.29. The Morgan fingerprint density at radius 2 is 1.43 bits per heavy atom. The second-order valence-electron chi connectivity index (χ2n) is 9.99. The molecule has 2 aromatic rings. The highest BCUT2D eigenvalue weighted by Gasteiger charge is 2.53. The van der Waals surface area contributed by atoms with Gasteiger partial charge in [-0.3, -0.25) is 4.79 Å². The van der Waals surface area contributed by atoms with E-state index in [2.05, 4.69) is 24.0 Å². The lowest BCUT2D eigenvalue weighted by Gasteiger charge is -2.59. The topological polar surface area (TPSA) is 29.5 Å². The number of aryl methyl sites for hydroxylation is 1. The fraction of sp³-hybridized carbons (Fsp3) is 0.519. The van der Waals surface area contributed by atoms with E-state index < -0.39 is 0 Å². The van der Waals surface area contributed by atoms with Crippen molar-refractivity contribution >= 4 is 5.91 Å². The number of ether oxygens (including phenoxy) is 1. The monoisotopic (exact) mass is 403 g/mol. The number of carbonyl (C=O) groups is 1. The molecule has 4 saturated carbocycles. The van der Waals surface area contributed by atoms with Gasteiger partial charge in [-0.15, -0.1) is 0 Å². The molecule has 158 valence electrons. The second-order valence-corrected chi connectivity index (χ2v) is 9.99. The fourth-order valence-corrected chi connectivity index (χ4v) is 6.62. The maximum atomic E-state index is 13.3. The molecule has 3 nitrogen and oxygen atoms in total. The Bertz CT molecular complexity index is 864. The van der Waals surface area contributed by atoms with Crippen molar-refractivity contribution in [2.75, 3.05) is 7.05 Å². The summed E-state index contributed by atoms with van der Waals surface area (Å²) in [4.78, 5) is 15.4. The molecular formula is C27H33NO2. The molecule has 0 radical (unpaired) electrons. The Morgan fingerprint density at radius 1 is 0.900 bits per heavy atom. The summed E-state index contributed by atoms with van der Waals surface area (Å²) in [5, 5.41) is 0. The van der Waals surface area contributed by atoms with Crippen LogP contribution in [0.5, 0.6) is 5.75 Å². The maximum absolute atomic E-state index is 13.3. The molecule has 4 aliphatic rings. The normalized spacial score (nSPS) is 29.1. The van der Waals surface area contributed by atoms with Gasteiger partial charge in [-0.05, 0) is 98.1 Å². The molecule has 0 aromatic heterocycles. The largest absolute Gasteiger partial charge is 0.489 e. The number of hydrogen-bond acceptors (Lipinski definition) is 2. The first-order chi connectivity index (χ1) is 14.5. The van der Waals surface area contributed by atoms with Crippen LogP contribution in [0, 0.1) is 17.8 Å². The third-order valence-electron chi connectivity index (χ3n) is 7.96. The molecule has 3 heteroatoms. The SMILES string of the molecule is CCc1ccc(OCc2ccc(C(=O)N(C)C34CC5CC(CC(C5)C3)C4)cc2)cc1. The van der Waals surface area contributed by atoms with Crippen molar-refractivity contribution in [2.24, 2.45) is 17.8 Å². The Balaban J connectivity index is 1.23. The molecule has 0 spiro atoms. The summed E-state index contributed by atoms with van der Waals surface area (Å²) in [6, 6.07) is 16.3. The van der Waals surface area contributed by atoms with Crippen molar-refractivity contribution in [1.29, 1.82) is 0 Å². The van der Waals surface area contributed by atoms with Gasteiger partial charge in [-0.2, -0.15) is 0 Å². The smallest absolute Gasteiger partial charge is 0.254 e. The van der Waals surface area contributed by atoms with Gasteiger partial charge in [0.25, 0.3) is 5.91 Å². The minimum absolute atomic E-state index is 0.109. The molecule has 0 N–H and O–H groups in total. The lowest BCUT2D eigenvalue weighted by molar-refractivity contribution is -0.0665. The second kappa shape index (κ2) is 7.76. The number of amides is 1. The van der Waals surface area contributed by atoms with Crippen LogP contribution in [0.25, 0.3) is 0 Å². The summed E-state index contributed by atoms with van der Waals surface area (Å²) >= 11 is 0. The number of benzene rings is 2. The predicted molar refractivity (Wildman–Crippen MR) is 120 cm³/mol. The standard InChI is InChI=1S/C27H33NO2/c1-3-19-6-10-25(11-7-19)30-18-20-4-8-24(9-5-20)26(29)28(2)27-15-21-12-22(16-27)14-23(13-21)17-27/h4-11,21-23H,3,12-18H2,1-2H3. The summed E-state index contributed by atoms with van der Waals surface area (Å²) in [6.45, 7) is 2.67. The molecule has 6 rings (SSSR count). The molecule has 0 atom stereocenters. The van der Waals surface area contributed by atoms with Crippen molar-refractivity contribution in [2.45, 2.75) is 64.0 Å². The maximum Gasteiger partial charge on any atom is 0.254 e. The summed E-state index contributed by atoms with van der Waals surface area (Å²) in [7, 11) is 2.05. The third-order valence-corrected chi connectivity index (χ3v) is 7.96. The molecule has 4 aliphatic carbocycles. The van der Waals surface area contributed by atoms with Gasteiger partial charge in [-0.1, -0.05) is 31.2 Å². The van der Waals surface area contributed by atoms with Gasteiger partial charge in [0, 0.05) is 18.2 Å². The first-order valence-corrected chi connectivity index (χ1v) is 11.6. The van der Waals surface area contributed by atoms with Crippen LogP contribution in [0.1, 0.15) is 66.9 Å². The lowest BCUT2D eigenvalue weighted by Crippen LogP contribution is -2.60. The van der Waals surface area contributed by atoms with Crippen molar-refractivity contribution in [1.82, 2.24) is 4.90 Å². The van der Waals surface area contributed by atoms with E-state index in [0.717, 1.165) is 41.1 Å². The van der Waals surface area contributed by atoms with Crippen LogP contribution in [-0.4, -0.2) is 23.4 Å². The predicted octanol–water partition coefficient (Wildman–Crippen LogP) is 5.87. The average Bonchev–Trinajstić information content (AvgIpc) is 2.76. The van der Waals surface area contributed by atoms with Gasteiger partial charge < -0.3 is 9.64 Å². The highest BCUT2D eigenvalue weighted by molar-refractivity contribution is 5.94. The van der Waals surface area contributed by atoms with E-state index in [1.165, 1.54) is 44.1 Å². The summed E-state index contributed by atoms with van der Waals surface area (Å²) in [5.41, 5.74) is 3.30. The van der Waals surface area contributed by atoms with Crippen LogP contribution < -0.4 is 4.74 Å². The van der Waals surface area contributed by atoms with Gasteiger partial charge >= 0.3 is 0 Å². The number of rotatable bonds is 6. The van der Waals surface area contributed by atoms with E-state index in [0.29, 0.717) is 6.61 Å². The zero-order valence-electron chi connectivity index (χ0n) is 18.3. The quantitative estimate of drug-likeness (QED) is 0.604. The number of carbonyl (C=O) groups excluding carboxylic acids is 1.